The Kier molecular flexibility index (Phi) is 3.82. The van der Waals surface area contributed by atoms with Gasteiger partial charge in [-0.1, -0.05) is 13.8 Å². The quantitative estimate of drug-likeness (QED) is 0.815. The summed E-state index contributed by atoms with van der Waals surface area (Å²) in [5, 5.41) is 6.24. The van der Waals surface area contributed by atoms with Crippen molar-refractivity contribution >= 4 is 5.91 Å². The number of nitrogens with zero attached hydrogens (tertiary/aromatic N) is 3. The van der Waals surface area contributed by atoms with Crippen molar-refractivity contribution in [2.24, 2.45) is 5.92 Å². The monoisotopic (exact) mass is 210 g/mol. The zero-order valence-electron chi connectivity index (χ0n) is 9.69. The van der Waals surface area contributed by atoms with Crippen molar-refractivity contribution in [3.63, 3.8) is 0 Å². The van der Waals surface area contributed by atoms with Crippen LogP contribution in [0.5, 0.6) is 0 Å². The molecule has 0 spiro atoms. The Hall–Kier alpha value is -1.39. The summed E-state index contributed by atoms with van der Waals surface area (Å²) in [6.45, 7) is 6.32. The normalized spacial score (nSPS) is 12.9. The van der Waals surface area contributed by atoms with E-state index in [-0.39, 0.29) is 11.9 Å². The molecule has 1 heterocycles. The lowest BCUT2D eigenvalue weighted by Crippen LogP contribution is -2.36. The number of carbonyl (C=O) groups excluding carboxylic acids is 1. The second-order valence-electron chi connectivity index (χ2n) is 4.23. The highest BCUT2D eigenvalue weighted by atomic mass is 16.2. The van der Waals surface area contributed by atoms with E-state index in [9.17, 15) is 4.79 Å². The van der Waals surface area contributed by atoms with E-state index in [0.29, 0.717) is 11.7 Å². The van der Waals surface area contributed by atoms with Crippen LogP contribution in [-0.2, 0) is 0 Å². The fourth-order valence-electron chi connectivity index (χ4n) is 1.52. The molecule has 1 aromatic rings. The largest absolute Gasteiger partial charge is 0.336 e. The SMILES string of the molecule is CC(C)CC(C)N(C)C(=O)c1ncn[nH]1. The molecular weight excluding hydrogens is 192 g/mol. The Bertz CT molecular complexity index is 307. The molecule has 0 saturated carbocycles. The molecule has 1 N–H and O–H groups in total. The van der Waals surface area contributed by atoms with Gasteiger partial charge in [0, 0.05) is 13.1 Å². The van der Waals surface area contributed by atoms with Gasteiger partial charge >= 0.3 is 0 Å². The maximum absolute atomic E-state index is 11.8. The van der Waals surface area contributed by atoms with Crippen LogP contribution in [0.3, 0.4) is 0 Å². The number of H-pyrrole nitrogens is 1. The molecule has 15 heavy (non-hydrogen) atoms. The minimum absolute atomic E-state index is 0.111. The predicted octanol–water partition coefficient (Wildman–Crippen LogP) is 1.31. The van der Waals surface area contributed by atoms with Crippen molar-refractivity contribution in [2.75, 3.05) is 7.05 Å². The summed E-state index contributed by atoms with van der Waals surface area (Å²) in [5.41, 5.74) is 0. The van der Waals surface area contributed by atoms with Crippen LogP contribution < -0.4 is 0 Å². The minimum Gasteiger partial charge on any atom is -0.336 e. The van der Waals surface area contributed by atoms with Crippen LogP contribution in [0.15, 0.2) is 6.33 Å². The first-order chi connectivity index (χ1) is 7.02. The number of aromatic nitrogens is 3. The maximum Gasteiger partial charge on any atom is 0.291 e. The van der Waals surface area contributed by atoms with Gasteiger partial charge in [0.25, 0.3) is 5.91 Å². The summed E-state index contributed by atoms with van der Waals surface area (Å²) in [5.74, 6) is 0.763. The van der Waals surface area contributed by atoms with Crippen LogP contribution in [0, 0.1) is 5.92 Å². The van der Waals surface area contributed by atoms with Crippen LogP contribution in [0.1, 0.15) is 37.8 Å². The second kappa shape index (κ2) is 4.91. The van der Waals surface area contributed by atoms with E-state index in [1.807, 2.05) is 6.92 Å². The van der Waals surface area contributed by atoms with Gasteiger partial charge in [-0.3, -0.25) is 9.89 Å². The molecular formula is C10H18N4O. The zero-order valence-corrected chi connectivity index (χ0v) is 9.69. The fourth-order valence-corrected chi connectivity index (χ4v) is 1.52. The highest BCUT2D eigenvalue weighted by Gasteiger charge is 2.20. The third-order valence-electron chi connectivity index (χ3n) is 2.41. The summed E-state index contributed by atoms with van der Waals surface area (Å²) >= 11 is 0. The molecule has 5 nitrogen and oxygen atoms in total. The summed E-state index contributed by atoms with van der Waals surface area (Å²) in [7, 11) is 1.79. The van der Waals surface area contributed by atoms with Gasteiger partial charge in [0.1, 0.15) is 6.33 Å². The Balaban J connectivity index is 2.60. The van der Waals surface area contributed by atoms with Crippen molar-refractivity contribution in [3.8, 4) is 0 Å². The van der Waals surface area contributed by atoms with Crippen LogP contribution in [0.4, 0.5) is 0 Å². The van der Waals surface area contributed by atoms with Gasteiger partial charge < -0.3 is 4.90 Å². The van der Waals surface area contributed by atoms with E-state index >= 15 is 0 Å². The third-order valence-corrected chi connectivity index (χ3v) is 2.41. The Labute approximate surface area is 89.9 Å². The number of amides is 1. The first kappa shape index (κ1) is 11.7. The van der Waals surface area contributed by atoms with E-state index in [4.69, 9.17) is 0 Å². The summed E-state index contributed by atoms with van der Waals surface area (Å²) in [4.78, 5) is 17.4. The first-order valence-electron chi connectivity index (χ1n) is 5.15. The molecule has 1 atom stereocenters. The van der Waals surface area contributed by atoms with Crippen molar-refractivity contribution in [1.82, 2.24) is 20.1 Å². The van der Waals surface area contributed by atoms with Crippen molar-refractivity contribution in [1.29, 1.82) is 0 Å². The summed E-state index contributed by atoms with van der Waals surface area (Å²) < 4.78 is 0. The number of rotatable bonds is 4. The van der Waals surface area contributed by atoms with E-state index in [0.717, 1.165) is 6.42 Å². The number of carbonyl (C=O) groups is 1. The maximum atomic E-state index is 11.8. The number of aromatic amines is 1. The van der Waals surface area contributed by atoms with Crippen molar-refractivity contribution < 1.29 is 4.79 Å². The van der Waals surface area contributed by atoms with Gasteiger partial charge in [0.05, 0.1) is 0 Å². The molecule has 0 aromatic carbocycles. The third kappa shape index (κ3) is 3.04. The molecule has 0 aliphatic carbocycles. The first-order valence-corrected chi connectivity index (χ1v) is 5.15. The lowest BCUT2D eigenvalue weighted by Gasteiger charge is -2.25. The Morgan fingerprint density at radius 1 is 1.53 bits per heavy atom. The second-order valence-corrected chi connectivity index (χ2v) is 4.23. The van der Waals surface area contributed by atoms with Crippen LogP contribution in [-0.4, -0.2) is 39.1 Å². The van der Waals surface area contributed by atoms with Crippen molar-refractivity contribution in [3.05, 3.63) is 12.2 Å². The van der Waals surface area contributed by atoms with Gasteiger partial charge in [0.15, 0.2) is 0 Å². The molecule has 1 unspecified atom stereocenters. The van der Waals surface area contributed by atoms with Gasteiger partial charge in [-0.15, -0.1) is 0 Å². The van der Waals surface area contributed by atoms with Crippen molar-refractivity contribution in [2.45, 2.75) is 33.2 Å². The number of hydrogen-bond acceptors (Lipinski definition) is 3. The number of nitrogens with one attached hydrogen (secondary N) is 1. The van der Waals surface area contributed by atoms with Gasteiger partial charge in [-0.25, -0.2) is 4.98 Å². The van der Waals surface area contributed by atoms with E-state index in [1.165, 1.54) is 6.33 Å². The van der Waals surface area contributed by atoms with Gasteiger partial charge in [-0.2, -0.15) is 5.10 Å². The average molecular weight is 210 g/mol. The van der Waals surface area contributed by atoms with Gasteiger partial charge in [0.2, 0.25) is 5.82 Å². The molecule has 0 saturated heterocycles. The molecule has 84 valence electrons. The molecule has 0 aliphatic heterocycles. The predicted molar refractivity (Wildman–Crippen MR) is 57.4 cm³/mol. The minimum atomic E-state index is -0.111. The molecule has 1 rings (SSSR count). The summed E-state index contributed by atoms with van der Waals surface area (Å²) in [6, 6.07) is 0.211. The molecule has 1 aromatic heterocycles. The molecule has 0 bridgehead atoms. The molecule has 0 radical (unpaired) electrons. The zero-order chi connectivity index (χ0) is 11.4. The molecule has 0 fully saturated rings. The highest BCUT2D eigenvalue weighted by molar-refractivity contribution is 5.90. The van der Waals surface area contributed by atoms with Gasteiger partial charge in [-0.05, 0) is 19.3 Å². The smallest absolute Gasteiger partial charge is 0.291 e. The van der Waals surface area contributed by atoms with Crippen LogP contribution in [0.2, 0.25) is 0 Å². The van der Waals surface area contributed by atoms with E-state index in [1.54, 1.807) is 11.9 Å². The topological polar surface area (TPSA) is 61.9 Å². The summed E-state index contributed by atoms with van der Waals surface area (Å²) in [6.07, 6.45) is 2.32. The Morgan fingerprint density at radius 2 is 2.20 bits per heavy atom. The lowest BCUT2D eigenvalue weighted by molar-refractivity contribution is 0.0716. The molecule has 5 heteroatoms. The Morgan fingerprint density at radius 3 is 2.67 bits per heavy atom. The lowest BCUT2D eigenvalue weighted by atomic mass is 10.0. The number of hydrogen-bond donors (Lipinski definition) is 1. The van der Waals surface area contributed by atoms with E-state index < -0.39 is 0 Å². The van der Waals surface area contributed by atoms with E-state index in [2.05, 4.69) is 29.0 Å². The fraction of sp³-hybridized carbons (Fsp3) is 0.700. The van der Waals surface area contributed by atoms with Crippen LogP contribution >= 0.6 is 0 Å². The molecule has 0 aliphatic rings. The van der Waals surface area contributed by atoms with Crippen LogP contribution in [0.25, 0.3) is 0 Å². The average Bonchev–Trinajstić information content (AvgIpc) is 2.67. The standard InChI is InChI=1S/C10H18N4O/c1-7(2)5-8(3)14(4)10(15)9-11-6-12-13-9/h6-8H,5H2,1-4H3,(H,11,12,13). The highest BCUT2D eigenvalue weighted by Crippen LogP contribution is 2.11. The molecule has 1 amide bonds.